The molecule has 0 radical (unpaired) electrons. The van der Waals surface area contributed by atoms with E-state index in [1.807, 2.05) is 19.1 Å². The van der Waals surface area contributed by atoms with Gasteiger partial charge in [0.2, 0.25) is 0 Å². The molecule has 0 heterocycles. The number of hydrogen-bond acceptors (Lipinski definition) is 1. The third kappa shape index (κ3) is 3.49. The van der Waals surface area contributed by atoms with Gasteiger partial charge in [0.15, 0.2) is 0 Å². The van der Waals surface area contributed by atoms with Crippen molar-refractivity contribution in [3.05, 3.63) is 71.3 Å². The van der Waals surface area contributed by atoms with Gasteiger partial charge in [-0.15, -0.1) is 0 Å². The van der Waals surface area contributed by atoms with Gasteiger partial charge in [-0.25, -0.2) is 0 Å². The van der Waals surface area contributed by atoms with Crippen molar-refractivity contribution in [2.24, 2.45) is 0 Å². The third-order valence-corrected chi connectivity index (χ3v) is 2.95. The molecule has 0 unspecified atom stereocenters. The predicted octanol–water partition coefficient (Wildman–Crippen LogP) is 4.21. The molecule has 0 fully saturated rings. The fourth-order valence-electron chi connectivity index (χ4n) is 2.00. The van der Waals surface area contributed by atoms with Gasteiger partial charge in [-0.05, 0) is 48.6 Å². The van der Waals surface area contributed by atoms with Crippen molar-refractivity contribution >= 4 is 6.08 Å². The summed E-state index contributed by atoms with van der Waals surface area (Å²) in [5, 5.41) is 9.23. The molecule has 0 saturated carbocycles. The lowest BCUT2D eigenvalue weighted by Crippen LogP contribution is -1.91. The minimum absolute atomic E-state index is 0.328. The summed E-state index contributed by atoms with van der Waals surface area (Å²) in [4.78, 5) is 0. The second kappa shape index (κ2) is 6.06. The fraction of sp³-hybridized carbons (Fsp3) is 0.176. The Labute approximate surface area is 108 Å². The van der Waals surface area contributed by atoms with E-state index in [0.29, 0.717) is 5.75 Å². The maximum absolute atomic E-state index is 9.23. The van der Waals surface area contributed by atoms with Crippen LogP contribution < -0.4 is 0 Å². The predicted molar refractivity (Wildman–Crippen MR) is 76.7 cm³/mol. The molecule has 2 aromatic carbocycles. The van der Waals surface area contributed by atoms with Crippen molar-refractivity contribution in [2.45, 2.75) is 19.8 Å². The molecule has 1 nitrogen and oxygen atoms in total. The van der Waals surface area contributed by atoms with Crippen molar-refractivity contribution in [3.8, 4) is 5.75 Å². The van der Waals surface area contributed by atoms with Gasteiger partial charge in [0.25, 0.3) is 0 Å². The van der Waals surface area contributed by atoms with Crippen LogP contribution in [0.2, 0.25) is 0 Å². The van der Waals surface area contributed by atoms with Gasteiger partial charge < -0.3 is 5.11 Å². The Hall–Kier alpha value is -2.02. The zero-order chi connectivity index (χ0) is 12.8. The number of allylic oxidation sites excluding steroid dienone is 1. The van der Waals surface area contributed by atoms with Gasteiger partial charge in [0, 0.05) is 0 Å². The van der Waals surface area contributed by atoms with E-state index in [4.69, 9.17) is 0 Å². The van der Waals surface area contributed by atoms with Crippen LogP contribution in [-0.2, 0) is 12.8 Å². The molecule has 2 aromatic rings. The van der Waals surface area contributed by atoms with Crippen LogP contribution in [0.3, 0.4) is 0 Å². The molecule has 0 aliphatic rings. The standard InChI is InChI=1S/C17H18O/c1-2-4-15-5-3-6-16(13-15)8-7-14-9-11-17(18)12-10-14/h2-6,9-13,18H,7-8H2,1H3/b4-2+. The second-order valence-electron chi connectivity index (χ2n) is 4.41. The maximum Gasteiger partial charge on any atom is 0.115 e. The SMILES string of the molecule is C/C=C/c1cccc(CCc2ccc(O)cc2)c1. The van der Waals surface area contributed by atoms with Crippen molar-refractivity contribution in [1.82, 2.24) is 0 Å². The van der Waals surface area contributed by atoms with Crippen LogP contribution in [0.25, 0.3) is 6.08 Å². The summed E-state index contributed by atoms with van der Waals surface area (Å²) in [6.45, 7) is 2.03. The van der Waals surface area contributed by atoms with Crippen LogP contribution in [-0.4, -0.2) is 5.11 Å². The summed E-state index contributed by atoms with van der Waals surface area (Å²) >= 11 is 0. The number of phenolic OH excluding ortho intramolecular Hbond substituents is 1. The van der Waals surface area contributed by atoms with Crippen LogP contribution >= 0.6 is 0 Å². The first-order chi connectivity index (χ1) is 8.78. The van der Waals surface area contributed by atoms with E-state index >= 15 is 0 Å². The number of aromatic hydroxyl groups is 1. The van der Waals surface area contributed by atoms with Gasteiger partial charge in [-0.2, -0.15) is 0 Å². The lowest BCUT2D eigenvalue weighted by molar-refractivity contribution is 0.475. The van der Waals surface area contributed by atoms with Gasteiger partial charge in [0.1, 0.15) is 5.75 Å². The molecule has 2 rings (SSSR count). The van der Waals surface area contributed by atoms with Crippen molar-refractivity contribution < 1.29 is 5.11 Å². The monoisotopic (exact) mass is 238 g/mol. The normalized spacial score (nSPS) is 10.9. The van der Waals surface area contributed by atoms with E-state index in [9.17, 15) is 5.11 Å². The maximum atomic E-state index is 9.23. The van der Waals surface area contributed by atoms with Crippen molar-refractivity contribution in [1.29, 1.82) is 0 Å². The molecular weight excluding hydrogens is 220 g/mol. The fourth-order valence-corrected chi connectivity index (χ4v) is 2.00. The molecule has 0 bridgehead atoms. The summed E-state index contributed by atoms with van der Waals surface area (Å²) in [6, 6.07) is 16.0. The zero-order valence-corrected chi connectivity index (χ0v) is 10.6. The van der Waals surface area contributed by atoms with Crippen LogP contribution in [0.5, 0.6) is 5.75 Å². The molecular formula is C17H18O. The Balaban J connectivity index is 2.01. The van der Waals surface area contributed by atoms with E-state index < -0.39 is 0 Å². The average Bonchev–Trinajstić information content (AvgIpc) is 2.39. The topological polar surface area (TPSA) is 20.2 Å². The van der Waals surface area contributed by atoms with Gasteiger partial charge in [0.05, 0.1) is 0 Å². The van der Waals surface area contributed by atoms with Gasteiger partial charge in [-0.1, -0.05) is 48.6 Å². The first-order valence-electron chi connectivity index (χ1n) is 6.27. The minimum atomic E-state index is 0.328. The highest BCUT2D eigenvalue weighted by Gasteiger charge is 1.97. The first-order valence-corrected chi connectivity index (χ1v) is 6.27. The van der Waals surface area contributed by atoms with Gasteiger partial charge >= 0.3 is 0 Å². The van der Waals surface area contributed by atoms with Gasteiger partial charge in [-0.3, -0.25) is 0 Å². The number of aryl methyl sites for hydroxylation is 2. The lowest BCUT2D eigenvalue weighted by atomic mass is 10.0. The van der Waals surface area contributed by atoms with E-state index in [-0.39, 0.29) is 0 Å². The van der Waals surface area contributed by atoms with Crippen LogP contribution in [0.4, 0.5) is 0 Å². The Morgan fingerprint density at radius 2 is 1.67 bits per heavy atom. The lowest BCUT2D eigenvalue weighted by Gasteiger charge is -2.04. The Kier molecular flexibility index (Phi) is 4.19. The van der Waals surface area contributed by atoms with Crippen LogP contribution in [0, 0.1) is 0 Å². The summed E-state index contributed by atoms with van der Waals surface area (Å²) < 4.78 is 0. The first kappa shape index (κ1) is 12.4. The van der Waals surface area contributed by atoms with Crippen molar-refractivity contribution in [2.75, 3.05) is 0 Å². The molecule has 0 spiro atoms. The molecule has 1 heteroatoms. The minimum Gasteiger partial charge on any atom is -0.508 e. The molecule has 0 aliphatic carbocycles. The highest BCUT2D eigenvalue weighted by molar-refractivity contribution is 5.49. The summed E-state index contributed by atoms with van der Waals surface area (Å²) in [6.07, 6.45) is 6.19. The Morgan fingerprint density at radius 1 is 0.944 bits per heavy atom. The molecule has 18 heavy (non-hydrogen) atoms. The zero-order valence-electron chi connectivity index (χ0n) is 10.6. The highest BCUT2D eigenvalue weighted by Crippen LogP contribution is 2.13. The second-order valence-corrected chi connectivity index (χ2v) is 4.41. The van der Waals surface area contributed by atoms with E-state index in [1.54, 1.807) is 12.1 Å². The third-order valence-electron chi connectivity index (χ3n) is 2.95. The number of hydrogen-bond donors (Lipinski definition) is 1. The van der Waals surface area contributed by atoms with Crippen LogP contribution in [0.1, 0.15) is 23.6 Å². The molecule has 0 saturated heterocycles. The smallest absolute Gasteiger partial charge is 0.115 e. The Morgan fingerprint density at radius 3 is 2.39 bits per heavy atom. The van der Waals surface area contributed by atoms with Crippen LogP contribution in [0.15, 0.2) is 54.6 Å². The molecule has 0 aromatic heterocycles. The van der Waals surface area contributed by atoms with E-state index in [1.165, 1.54) is 16.7 Å². The molecule has 92 valence electrons. The molecule has 1 N–H and O–H groups in total. The number of rotatable bonds is 4. The molecule has 0 aliphatic heterocycles. The number of benzene rings is 2. The quantitative estimate of drug-likeness (QED) is 0.846. The largest absolute Gasteiger partial charge is 0.508 e. The average molecular weight is 238 g/mol. The van der Waals surface area contributed by atoms with E-state index in [2.05, 4.69) is 36.4 Å². The Bertz CT molecular complexity index is 524. The summed E-state index contributed by atoms with van der Waals surface area (Å²) in [5.41, 5.74) is 3.85. The van der Waals surface area contributed by atoms with E-state index in [0.717, 1.165) is 12.8 Å². The summed E-state index contributed by atoms with van der Waals surface area (Å²) in [5.74, 6) is 0.328. The summed E-state index contributed by atoms with van der Waals surface area (Å²) in [7, 11) is 0. The molecule has 0 amide bonds. The highest BCUT2D eigenvalue weighted by atomic mass is 16.3. The number of phenols is 1. The molecule has 0 atom stereocenters. The van der Waals surface area contributed by atoms with Crippen molar-refractivity contribution in [3.63, 3.8) is 0 Å².